The van der Waals surface area contributed by atoms with E-state index >= 15 is 0 Å². The predicted molar refractivity (Wildman–Crippen MR) is 113 cm³/mol. The van der Waals surface area contributed by atoms with Crippen molar-refractivity contribution in [1.82, 2.24) is 14.7 Å². The third-order valence-corrected chi connectivity index (χ3v) is 8.55. The van der Waals surface area contributed by atoms with Crippen molar-refractivity contribution in [2.45, 2.75) is 111 Å². The Labute approximate surface area is 164 Å². The summed E-state index contributed by atoms with van der Waals surface area (Å²) in [6, 6.07) is 2.80. The lowest BCUT2D eigenvalue weighted by atomic mass is 10.1. The first-order valence-corrected chi connectivity index (χ1v) is 11.2. The van der Waals surface area contributed by atoms with E-state index in [-0.39, 0.29) is 0 Å². The Balaban J connectivity index is 1.84. The first-order valence-electron chi connectivity index (χ1n) is 11.2. The molecule has 0 aromatic rings. The summed E-state index contributed by atoms with van der Waals surface area (Å²) in [5.74, 6) is 0. The molecule has 26 heavy (non-hydrogen) atoms. The van der Waals surface area contributed by atoms with Crippen molar-refractivity contribution < 1.29 is 4.48 Å². The highest BCUT2D eigenvalue weighted by atomic mass is 15.6. The molecule has 0 saturated carbocycles. The van der Waals surface area contributed by atoms with Gasteiger partial charge in [-0.3, -0.25) is 9.80 Å². The summed E-state index contributed by atoms with van der Waals surface area (Å²) < 4.78 is 1.31. The SMILES string of the molecule is CCC[N+]1(CCCCCN2C(C)C(C)N(C)C2C)C(C)C(C)N(C)C1C. The van der Waals surface area contributed by atoms with Gasteiger partial charge in [0, 0.05) is 19.0 Å². The third kappa shape index (κ3) is 3.85. The van der Waals surface area contributed by atoms with Gasteiger partial charge in [0.1, 0.15) is 12.2 Å². The lowest BCUT2D eigenvalue weighted by Gasteiger charge is -2.43. The molecule has 0 aliphatic carbocycles. The molecule has 2 aliphatic heterocycles. The monoisotopic (exact) mass is 367 g/mol. The van der Waals surface area contributed by atoms with E-state index < -0.39 is 0 Å². The van der Waals surface area contributed by atoms with Gasteiger partial charge >= 0.3 is 0 Å². The normalized spacial score (nSPS) is 42.8. The fourth-order valence-electron chi connectivity index (χ4n) is 5.92. The summed E-state index contributed by atoms with van der Waals surface area (Å²) in [6.07, 6.45) is 6.63. The van der Waals surface area contributed by atoms with Gasteiger partial charge in [0.2, 0.25) is 0 Å². The first kappa shape index (κ1) is 22.1. The largest absolute Gasteiger partial charge is 0.305 e. The van der Waals surface area contributed by atoms with Crippen LogP contribution in [0.2, 0.25) is 0 Å². The van der Waals surface area contributed by atoms with Crippen molar-refractivity contribution >= 4 is 0 Å². The van der Waals surface area contributed by atoms with Gasteiger partial charge in [0.05, 0.1) is 25.3 Å². The highest BCUT2D eigenvalue weighted by molar-refractivity contribution is 4.90. The zero-order valence-corrected chi connectivity index (χ0v) is 19.2. The number of unbranched alkanes of at least 4 members (excludes halogenated alkanes) is 2. The molecule has 0 bridgehead atoms. The van der Waals surface area contributed by atoms with Crippen LogP contribution in [0.5, 0.6) is 0 Å². The van der Waals surface area contributed by atoms with Crippen LogP contribution in [0.3, 0.4) is 0 Å². The predicted octanol–water partition coefficient (Wildman–Crippen LogP) is 3.82. The van der Waals surface area contributed by atoms with E-state index in [2.05, 4.69) is 77.3 Å². The van der Waals surface area contributed by atoms with E-state index in [0.29, 0.717) is 30.5 Å². The zero-order valence-electron chi connectivity index (χ0n) is 19.2. The molecule has 0 aromatic carbocycles. The van der Waals surface area contributed by atoms with E-state index in [4.69, 9.17) is 0 Å². The van der Waals surface area contributed by atoms with Crippen molar-refractivity contribution in [1.29, 1.82) is 0 Å². The highest BCUT2D eigenvalue weighted by Crippen LogP contribution is 2.35. The van der Waals surface area contributed by atoms with E-state index in [1.54, 1.807) is 0 Å². The summed E-state index contributed by atoms with van der Waals surface area (Å²) in [5, 5.41) is 0. The molecule has 4 nitrogen and oxygen atoms in total. The molecule has 2 rings (SSSR count). The number of nitrogens with zero attached hydrogens (tertiary/aromatic N) is 4. The molecular weight excluding hydrogens is 320 g/mol. The standard InChI is InChI=1S/C22H47N4/c1-10-15-26(20(5)19(4)24(9)22(26)7)16-13-11-12-14-25-18(3)17(2)23(8)21(25)6/h17-22H,10-16H2,1-9H3/q+1. The molecule has 2 aliphatic rings. The third-order valence-electron chi connectivity index (χ3n) is 8.55. The summed E-state index contributed by atoms with van der Waals surface area (Å²) in [4.78, 5) is 7.85. The maximum atomic E-state index is 2.71. The van der Waals surface area contributed by atoms with Crippen molar-refractivity contribution in [3.63, 3.8) is 0 Å². The Bertz CT molecular complexity index is 412. The van der Waals surface area contributed by atoms with Crippen molar-refractivity contribution in [3.05, 3.63) is 0 Å². The van der Waals surface area contributed by atoms with Crippen LogP contribution in [0.1, 0.15) is 74.1 Å². The summed E-state index contributed by atoms with van der Waals surface area (Å²) in [6.45, 7) is 20.8. The molecule has 0 radical (unpaired) electrons. The van der Waals surface area contributed by atoms with Crippen LogP contribution < -0.4 is 0 Å². The van der Waals surface area contributed by atoms with E-state index in [1.807, 2.05) is 0 Å². The van der Waals surface area contributed by atoms with Crippen LogP contribution in [0.15, 0.2) is 0 Å². The summed E-state index contributed by atoms with van der Waals surface area (Å²) >= 11 is 0. The van der Waals surface area contributed by atoms with E-state index in [0.717, 1.165) is 6.04 Å². The van der Waals surface area contributed by atoms with Crippen molar-refractivity contribution in [2.75, 3.05) is 33.7 Å². The van der Waals surface area contributed by atoms with Gasteiger partial charge in [0.15, 0.2) is 0 Å². The van der Waals surface area contributed by atoms with Crippen LogP contribution in [-0.2, 0) is 0 Å². The second-order valence-corrected chi connectivity index (χ2v) is 9.41. The van der Waals surface area contributed by atoms with Gasteiger partial charge in [0.25, 0.3) is 0 Å². The molecule has 2 heterocycles. The molecule has 7 unspecified atom stereocenters. The molecule has 0 aromatic heterocycles. The highest BCUT2D eigenvalue weighted by Gasteiger charge is 2.51. The van der Waals surface area contributed by atoms with Crippen molar-refractivity contribution in [3.8, 4) is 0 Å². The smallest absolute Gasteiger partial charge is 0.142 e. The molecule has 4 heteroatoms. The van der Waals surface area contributed by atoms with Gasteiger partial charge in [-0.1, -0.05) is 6.92 Å². The number of quaternary nitrogens is 1. The van der Waals surface area contributed by atoms with Gasteiger partial charge in [-0.2, -0.15) is 0 Å². The Morgan fingerprint density at radius 2 is 1.38 bits per heavy atom. The van der Waals surface area contributed by atoms with Crippen LogP contribution in [0.25, 0.3) is 0 Å². The molecule has 0 amide bonds. The minimum atomic E-state index is 0.589. The van der Waals surface area contributed by atoms with Crippen LogP contribution >= 0.6 is 0 Å². The van der Waals surface area contributed by atoms with Crippen LogP contribution in [-0.4, -0.2) is 89.4 Å². The van der Waals surface area contributed by atoms with Gasteiger partial charge < -0.3 is 4.48 Å². The first-order chi connectivity index (χ1) is 12.2. The van der Waals surface area contributed by atoms with Crippen molar-refractivity contribution in [2.24, 2.45) is 0 Å². The number of likely N-dealkylation sites (N-methyl/N-ethyl adjacent to an activating group) is 2. The van der Waals surface area contributed by atoms with Gasteiger partial charge in [-0.05, 0) is 80.9 Å². The number of hydrogen-bond donors (Lipinski definition) is 0. The number of rotatable bonds is 8. The Morgan fingerprint density at radius 3 is 1.85 bits per heavy atom. The lowest BCUT2D eigenvalue weighted by molar-refractivity contribution is -0.962. The second-order valence-electron chi connectivity index (χ2n) is 9.41. The molecular formula is C22H47N4+. The maximum Gasteiger partial charge on any atom is 0.142 e. The minimum absolute atomic E-state index is 0.589. The quantitative estimate of drug-likeness (QED) is 0.477. The van der Waals surface area contributed by atoms with Gasteiger partial charge in [-0.25, -0.2) is 4.90 Å². The van der Waals surface area contributed by atoms with Gasteiger partial charge in [-0.15, -0.1) is 0 Å². The maximum absolute atomic E-state index is 2.71. The molecule has 7 atom stereocenters. The van der Waals surface area contributed by atoms with Crippen LogP contribution in [0.4, 0.5) is 0 Å². The fraction of sp³-hybridized carbons (Fsp3) is 1.00. The fourth-order valence-corrected chi connectivity index (χ4v) is 5.92. The molecule has 0 N–H and O–H groups in total. The molecule has 2 saturated heterocycles. The van der Waals surface area contributed by atoms with E-state index in [1.165, 1.54) is 49.8 Å². The van der Waals surface area contributed by atoms with Crippen LogP contribution in [0, 0.1) is 0 Å². The average Bonchev–Trinajstić information content (AvgIpc) is 2.90. The minimum Gasteiger partial charge on any atom is -0.305 e. The summed E-state index contributed by atoms with van der Waals surface area (Å²) in [7, 11) is 4.60. The topological polar surface area (TPSA) is 9.72 Å². The second kappa shape index (κ2) is 8.89. The lowest BCUT2D eigenvalue weighted by Crippen LogP contribution is -2.57. The molecule has 154 valence electrons. The average molecular weight is 368 g/mol. The Kier molecular flexibility index (Phi) is 7.57. The Hall–Kier alpha value is -0.160. The molecule has 0 spiro atoms. The Morgan fingerprint density at radius 1 is 0.731 bits per heavy atom. The van der Waals surface area contributed by atoms with E-state index in [9.17, 15) is 0 Å². The zero-order chi connectivity index (χ0) is 19.6. The molecule has 2 fully saturated rings. The summed E-state index contributed by atoms with van der Waals surface area (Å²) in [5.41, 5.74) is 0. The number of hydrogen-bond acceptors (Lipinski definition) is 3.